The topological polar surface area (TPSA) is 31.0 Å². The summed E-state index contributed by atoms with van der Waals surface area (Å²) in [6.07, 6.45) is 0. The molecular formula is C53H32N2OS. The quantitative estimate of drug-likeness (QED) is 0.176. The molecule has 0 saturated carbocycles. The second-order valence-corrected chi connectivity index (χ2v) is 15.7. The first kappa shape index (κ1) is 32.0. The highest BCUT2D eigenvalue weighted by atomic mass is 32.1. The van der Waals surface area contributed by atoms with Gasteiger partial charge in [0.25, 0.3) is 0 Å². The molecule has 266 valence electrons. The van der Waals surface area contributed by atoms with Crippen LogP contribution in [0.1, 0.15) is 0 Å². The number of nitrogens with zero attached hydrogens (tertiary/aromatic N) is 2. The monoisotopic (exact) mass is 744 g/mol. The van der Waals surface area contributed by atoms with Crippen LogP contribution in [-0.2, 0) is 0 Å². The fraction of sp³-hybridized carbons (Fsp3) is 0. The van der Waals surface area contributed by atoms with Gasteiger partial charge in [0, 0.05) is 58.5 Å². The van der Waals surface area contributed by atoms with Crippen LogP contribution in [0.25, 0.3) is 114 Å². The Bertz CT molecular complexity index is 3500. The minimum absolute atomic E-state index is 0.861. The molecule has 4 heteroatoms. The summed E-state index contributed by atoms with van der Waals surface area (Å²) >= 11 is 1.89. The molecule has 0 fully saturated rings. The maximum atomic E-state index is 6.36. The Labute approximate surface area is 332 Å². The van der Waals surface area contributed by atoms with E-state index in [1.807, 2.05) is 23.5 Å². The number of hydrogen-bond donors (Lipinski definition) is 0. The molecule has 0 N–H and O–H groups in total. The molecule has 0 aliphatic rings. The molecule has 4 aromatic heterocycles. The van der Waals surface area contributed by atoms with Crippen molar-refractivity contribution in [2.75, 3.05) is 0 Å². The fourth-order valence-electron chi connectivity index (χ4n) is 8.72. The van der Waals surface area contributed by atoms with Gasteiger partial charge in [0.2, 0.25) is 0 Å². The van der Waals surface area contributed by atoms with Gasteiger partial charge in [-0.1, -0.05) is 140 Å². The summed E-state index contributed by atoms with van der Waals surface area (Å²) in [4.78, 5) is 5.35. The zero-order valence-corrected chi connectivity index (χ0v) is 31.5. The summed E-state index contributed by atoms with van der Waals surface area (Å²) in [7, 11) is 0. The van der Waals surface area contributed by atoms with Crippen molar-refractivity contribution in [3.63, 3.8) is 0 Å². The summed E-state index contributed by atoms with van der Waals surface area (Å²) in [5.41, 5.74) is 14.0. The molecular weight excluding hydrogens is 713 g/mol. The second-order valence-electron chi connectivity index (χ2n) is 14.7. The van der Waals surface area contributed by atoms with E-state index in [0.29, 0.717) is 0 Å². The Morgan fingerprint density at radius 2 is 1.00 bits per heavy atom. The standard InChI is InChI=1S/C53H32N2OS/c1-3-12-33(13-4-1)34-22-24-35(25-23-34)45-30-37(31-46(54-45)36-26-27-41-40-16-8-10-21-49(40)56-50(41)32-36)39-18-11-19-42-43-28-29-48-51(53(43)57-52(39)42)44-17-7-9-20-47(44)55(48)38-14-5-2-6-15-38/h1-32H. The molecule has 57 heavy (non-hydrogen) atoms. The zero-order chi connectivity index (χ0) is 37.5. The Morgan fingerprint density at radius 3 is 1.84 bits per heavy atom. The third-order valence-electron chi connectivity index (χ3n) is 11.4. The van der Waals surface area contributed by atoms with Crippen molar-refractivity contribution >= 4 is 75.3 Å². The minimum Gasteiger partial charge on any atom is -0.456 e. The molecule has 0 unspecified atom stereocenters. The van der Waals surface area contributed by atoms with Gasteiger partial charge < -0.3 is 8.98 Å². The van der Waals surface area contributed by atoms with E-state index in [0.717, 1.165) is 50.0 Å². The number of para-hydroxylation sites is 3. The first-order valence-electron chi connectivity index (χ1n) is 19.3. The number of aromatic nitrogens is 2. The largest absolute Gasteiger partial charge is 0.456 e. The lowest BCUT2D eigenvalue weighted by molar-refractivity contribution is 0.669. The summed E-state index contributed by atoms with van der Waals surface area (Å²) in [5, 5.41) is 7.34. The van der Waals surface area contributed by atoms with Crippen molar-refractivity contribution in [1.82, 2.24) is 9.55 Å². The van der Waals surface area contributed by atoms with E-state index in [1.165, 1.54) is 64.4 Å². The maximum absolute atomic E-state index is 6.36. The summed E-state index contributed by atoms with van der Waals surface area (Å²) < 4.78 is 11.3. The predicted molar refractivity (Wildman–Crippen MR) is 240 cm³/mol. The lowest BCUT2D eigenvalue weighted by atomic mass is 9.97. The van der Waals surface area contributed by atoms with Crippen LogP contribution >= 0.6 is 11.3 Å². The summed E-state index contributed by atoms with van der Waals surface area (Å²) in [5.74, 6) is 0. The second kappa shape index (κ2) is 12.6. The number of hydrogen-bond acceptors (Lipinski definition) is 3. The SMILES string of the molecule is c1ccc(-c2ccc(-c3cc(-c4cccc5c4sc4c5ccc5c4c4ccccc4n5-c4ccccc4)cc(-c4ccc5c(c4)oc4ccccc45)n3)cc2)cc1. The van der Waals surface area contributed by atoms with Gasteiger partial charge in [-0.25, -0.2) is 4.98 Å². The van der Waals surface area contributed by atoms with Gasteiger partial charge >= 0.3 is 0 Å². The molecule has 4 heterocycles. The van der Waals surface area contributed by atoms with Crippen molar-refractivity contribution in [1.29, 1.82) is 0 Å². The maximum Gasteiger partial charge on any atom is 0.136 e. The lowest BCUT2D eigenvalue weighted by Gasteiger charge is -2.12. The van der Waals surface area contributed by atoms with E-state index in [9.17, 15) is 0 Å². The van der Waals surface area contributed by atoms with E-state index in [2.05, 4.69) is 187 Å². The molecule has 0 spiro atoms. The molecule has 0 atom stereocenters. The smallest absolute Gasteiger partial charge is 0.136 e. The summed E-state index contributed by atoms with van der Waals surface area (Å²) in [6.45, 7) is 0. The van der Waals surface area contributed by atoms with E-state index in [4.69, 9.17) is 9.40 Å². The van der Waals surface area contributed by atoms with E-state index in [1.54, 1.807) is 0 Å². The average molecular weight is 745 g/mol. The van der Waals surface area contributed by atoms with Crippen LogP contribution in [0.4, 0.5) is 0 Å². The molecule has 0 amide bonds. The minimum atomic E-state index is 0.861. The van der Waals surface area contributed by atoms with E-state index < -0.39 is 0 Å². The Morgan fingerprint density at radius 1 is 0.386 bits per heavy atom. The molecule has 0 aliphatic carbocycles. The van der Waals surface area contributed by atoms with Crippen molar-refractivity contribution in [2.24, 2.45) is 0 Å². The molecule has 0 bridgehead atoms. The van der Waals surface area contributed by atoms with Gasteiger partial charge in [-0.05, 0) is 76.9 Å². The lowest BCUT2D eigenvalue weighted by Crippen LogP contribution is -1.92. The Kier molecular flexibility index (Phi) is 7.10. The molecule has 0 saturated heterocycles. The third-order valence-corrected chi connectivity index (χ3v) is 12.7. The molecule has 8 aromatic carbocycles. The van der Waals surface area contributed by atoms with Crippen molar-refractivity contribution in [3.8, 4) is 50.5 Å². The van der Waals surface area contributed by atoms with Gasteiger partial charge in [-0.3, -0.25) is 0 Å². The van der Waals surface area contributed by atoms with Crippen LogP contribution in [0.2, 0.25) is 0 Å². The highest BCUT2D eigenvalue weighted by molar-refractivity contribution is 7.27. The van der Waals surface area contributed by atoms with Gasteiger partial charge in [0.1, 0.15) is 11.2 Å². The third kappa shape index (κ3) is 5.08. The first-order chi connectivity index (χ1) is 28.2. The zero-order valence-electron chi connectivity index (χ0n) is 30.7. The van der Waals surface area contributed by atoms with Crippen molar-refractivity contribution in [2.45, 2.75) is 0 Å². The number of fused-ring (bicyclic) bond motifs is 10. The van der Waals surface area contributed by atoms with Crippen LogP contribution in [0.3, 0.4) is 0 Å². The number of thiophene rings is 1. The fourth-order valence-corrected chi connectivity index (χ4v) is 10.1. The number of furan rings is 1. The van der Waals surface area contributed by atoms with Gasteiger partial charge in [-0.15, -0.1) is 11.3 Å². The van der Waals surface area contributed by atoms with Gasteiger partial charge in [0.15, 0.2) is 0 Å². The molecule has 12 rings (SSSR count). The normalized spacial score (nSPS) is 11.9. The van der Waals surface area contributed by atoms with Crippen LogP contribution in [0.5, 0.6) is 0 Å². The van der Waals surface area contributed by atoms with E-state index >= 15 is 0 Å². The average Bonchev–Trinajstić information content (AvgIpc) is 3.96. The Balaban J connectivity index is 1.08. The van der Waals surface area contributed by atoms with Gasteiger partial charge in [-0.2, -0.15) is 0 Å². The van der Waals surface area contributed by atoms with E-state index in [-0.39, 0.29) is 0 Å². The number of rotatable bonds is 5. The van der Waals surface area contributed by atoms with Crippen molar-refractivity contribution < 1.29 is 4.42 Å². The highest BCUT2D eigenvalue weighted by Gasteiger charge is 2.20. The van der Waals surface area contributed by atoms with Gasteiger partial charge in [0.05, 0.1) is 22.4 Å². The highest BCUT2D eigenvalue weighted by Crippen LogP contribution is 2.46. The Hall–Kier alpha value is -7.27. The van der Waals surface area contributed by atoms with Crippen LogP contribution < -0.4 is 0 Å². The molecule has 0 radical (unpaired) electrons. The van der Waals surface area contributed by atoms with Crippen molar-refractivity contribution in [3.05, 3.63) is 194 Å². The molecule has 12 aromatic rings. The number of pyridine rings is 1. The number of benzene rings is 8. The summed E-state index contributed by atoms with van der Waals surface area (Å²) in [6, 6.07) is 69.4. The first-order valence-corrected chi connectivity index (χ1v) is 20.1. The molecule has 0 aliphatic heterocycles. The predicted octanol–water partition coefficient (Wildman–Crippen LogP) is 15.1. The molecule has 3 nitrogen and oxygen atoms in total. The van der Waals surface area contributed by atoms with Crippen LogP contribution in [0.15, 0.2) is 199 Å². The van der Waals surface area contributed by atoms with Crippen LogP contribution in [-0.4, -0.2) is 9.55 Å². The van der Waals surface area contributed by atoms with Crippen LogP contribution in [0, 0.1) is 0 Å².